The Hall–Kier alpha value is -1.39. The van der Waals surface area contributed by atoms with Gasteiger partial charge in [-0.3, -0.25) is 19.8 Å². The molecule has 2 rings (SSSR count). The molecule has 4 amide bonds. The topological polar surface area (TPSA) is 66.5 Å². The molecular formula is C12H18N2O3. The van der Waals surface area contributed by atoms with Crippen molar-refractivity contribution in [3.63, 3.8) is 0 Å². The summed E-state index contributed by atoms with van der Waals surface area (Å²) in [7, 11) is 0. The summed E-state index contributed by atoms with van der Waals surface area (Å²) in [6.07, 6.45) is 2.35. The maximum atomic E-state index is 12.1. The van der Waals surface area contributed by atoms with E-state index in [9.17, 15) is 14.4 Å². The summed E-state index contributed by atoms with van der Waals surface area (Å²) < 4.78 is 0. The molecule has 5 heteroatoms. The summed E-state index contributed by atoms with van der Waals surface area (Å²) in [5.41, 5.74) is -1.14. The first-order valence-corrected chi connectivity index (χ1v) is 6.01. The van der Waals surface area contributed by atoms with Crippen molar-refractivity contribution in [2.45, 2.75) is 33.6 Å². The molecule has 0 aromatic heterocycles. The van der Waals surface area contributed by atoms with Crippen molar-refractivity contribution < 1.29 is 14.4 Å². The number of urea groups is 1. The highest BCUT2D eigenvalue weighted by Gasteiger charge is 2.47. The van der Waals surface area contributed by atoms with Crippen molar-refractivity contribution in [2.24, 2.45) is 17.3 Å². The monoisotopic (exact) mass is 238 g/mol. The molecule has 1 unspecified atom stereocenters. The fourth-order valence-corrected chi connectivity index (χ4v) is 2.12. The van der Waals surface area contributed by atoms with Gasteiger partial charge in [0.2, 0.25) is 11.8 Å². The normalized spacial score (nSPS) is 25.8. The molecule has 1 saturated heterocycles. The predicted octanol–water partition coefficient (Wildman–Crippen LogP) is 1.14. The zero-order chi connectivity index (χ0) is 12.8. The highest BCUT2D eigenvalue weighted by molar-refractivity contribution is 6.18. The van der Waals surface area contributed by atoms with E-state index in [1.165, 1.54) is 17.7 Å². The fourth-order valence-electron chi connectivity index (χ4n) is 2.12. The summed E-state index contributed by atoms with van der Waals surface area (Å²) >= 11 is 0. The maximum absolute atomic E-state index is 12.1. The van der Waals surface area contributed by atoms with Crippen molar-refractivity contribution in [3.8, 4) is 0 Å². The van der Waals surface area contributed by atoms with Crippen LogP contribution in [-0.4, -0.2) is 29.3 Å². The number of rotatable bonds is 3. The lowest BCUT2D eigenvalue weighted by atomic mass is 9.88. The minimum Gasteiger partial charge on any atom is -0.277 e. The molecule has 94 valence electrons. The maximum Gasteiger partial charge on any atom is 0.330 e. The smallest absolute Gasteiger partial charge is 0.277 e. The number of barbiturate groups is 1. The van der Waals surface area contributed by atoms with Crippen molar-refractivity contribution in [1.82, 2.24) is 10.2 Å². The zero-order valence-corrected chi connectivity index (χ0v) is 10.4. The van der Waals surface area contributed by atoms with Crippen molar-refractivity contribution in [2.75, 3.05) is 6.54 Å². The van der Waals surface area contributed by atoms with Crippen LogP contribution < -0.4 is 5.32 Å². The minimum absolute atomic E-state index is 0.314. The van der Waals surface area contributed by atoms with Crippen LogP contribution in [0.15, 0.2) is 0 Å². The Morgan fingerprint density at radius 1 is 1.35 bits per heavy atom. The summed E-state index contributed by atoms with van der Waals surface area (Å²) in [6.45, 7) is 5.55. The van der Waals surface area contributed by atoms with E-state index in [0.717, 1.165) is 0 Å². The van der Waals surface area contributed by atoms with Crippen LogP contribution in [-0.2, 0) is 9.59 Å². The van der Waals surface area contributed by atoms with E-state index < -0.39 is 23.3 Å². The second-order valence-corrected chi connectivity index (χ2v) is 5.61. The molecule has 17 heavy (non-hydrogen) atoms. The van der Waals surface area contributed by atoms with Crippen LogP contribution in [0.3, 0.4) is 0 Å². The fraction of sp³-hybridized carbons (Fsp3) is 0.750. The molecule has 0 radical (unpaired) electrons. The average Bonchev–Trinajstić information content (AvgIpc) is 3.05. The van der Waals surface area contributed by atoms with Gasteiger partial charge in [0.15, 0.2) is 0 Å². The lowest BCUT2D eigenvalue weighted by Gasteiger charge is -2.35. The summed E-state index contributed by atoms with van der Waals surface area (Å²) in [4.78, 5) is 36.5. The van der Waals surface area contributed by atoms with Gasteiger partial charge in [0.25, 0.3) is 0 Å². The van der Waals surface area contributed by atoms with Crippen LogP contribution in [0.4, 0.5) is 4.79 Å². The molecule has 5 nitrogen and oxygen atoms in total. The van der Waals surface area contributed by atoms with E-state index in [-0.39, 0.29) is 0 Å². The molecule has 1 aliphatic heterocycles. The lowest BCUT2D eigenvalue weighted by Crippen LogP contribution is -2.62. The third kappa shape index (κ3) is 2.06. The van der Waals surface area contributed by atoms with E-state index in [4.69, 9.17) is 0 Å². The van der Waals surface area contributed by atoms with Gasteiger partial charge in [-0.05, 0) is 38.5 Å². The molecule has 0 spiro atoms. The zero-order valence-electron chi connectivity index (χ0n) is 10.4. The molecule has 0 bridgehead atoms. The van der Waals surface area contributed by atoms with E-state index in [2.05, 4.69) is 5.32 Å². The third-order valence-electron chi connectivity index (χ3n) is 3.71. The number of amides is 4. The minimum atomic E-state index is -1.14. The Morgan fingerprint density at radius 3 is 2.47 bits per heavy atom. The molecular weight excluding hydrogens is 220 g/mol. The van der Waals surface area contributed by atoms with E-state index >= 15 is 0 Å². The third-order valence-corrected chi connectivity index (χ3v) is 3.71. The molecule has 1 atom stereocenters. The number of nitrogens with one attached hydrogen (secondary N) is 1. The number of carbonyl (C=O) groups is 3. The summed E-state index contributed by atoms with van der Waals surface area (Å²) in [5.74, 6) is 0.0339. The molecule has 1 heterocycles. The second kappa shape index (κ2) is 3.82. The summed E-state index contributed by atoms with van der Waals surface area (Å²) in [6, 6.07) is -0.577. The van der Waals surface area contributed by atoms with Crippen molar-refractivity contribution in [1.29, 1.82) is 0 Å². The van der Waals surface area contributed by atoms with E-state index in [0.29, 0.717) is 18.4 Å². The largest absolute Gasteiger partial charge is 0.330 e. The van der Waals surface area contributed by atoms with Crippen molar-refractivity contribution in [3.05, 3.63) is 0 Å². The molecule has 2 aliphatic rings. The van der Waals surface area contributed by atoms with Gasteiger partial charge >= 0.3 is 6.03 Å². The SMILES string of the molecule is CC(CN1C(=O)NC(=O)C(C)(C)C1=O)C1CC1. The van der Waals surface area contributed by atoms with Crippen LogP contribution in [0, 0.1) is 17.3 Å². The van der Waals surface area contributed by atoms with Gasteiger partial charge in [0, 0.05) is 6.54 Å². The van der Waals surface area contributed by atoms with Gasteiger partial charge < -0.3 is 0 Å². The van der Waals surface area contributed by atoms with Gasteiger partial charge in [-0.25, -0.2) is 4.79 Å². The molecule has 1 saturated carbocycles. The highest BCUT2D eigenvalue weighted by Crippen LogP contribution is 2.37. The van der Waals surface area contributed by atoms with Crippen LogP contribution >= 0.6 is 0 Å². The number of hydrogen-bond acceptors (Lipinski definition) is 3. The number of carbonyl (C=O) groups excluding carboxylic acids is 3. The first-order chi connectivity index (χ1) is 7.84. The Kier molecular flexibility index (Phi) is 2.72. The van der Waals surface area contributed by atoms with Crippen LogP contribution in [0.5, 0.6) is 0 Å². The first kappa shape index (κ1) is 12.1. The van der Waals surface area contributed by atoms with Gasteiger partial charge in [0.05, 0.1) is 0 Å². The molecule has 2 fully saturated rings. The van der Waals surface area contributed by atoms with Crippen molar-refractivity contribution >= 4 is 17.8 Å². The Morgan fingerprint density at radius 2 is 1.94 bits per heavy atom. The first-order valence-electron chi connectivity index (χ1n) is 6.01. The quantitative estimate of drug-likeness (QED) is 0.750. The molecule has 0 aromatic carbocycles. The highest BCUT2D eigenvalue weighted by atomic mass is 16.2. The van der Waals surface area contributed by atoms with Gasteiger partial charge in [-0.1, -0.05) is 6.92 Å². The average molecular weight is 238 g/mol. The number of nitrogens with zero attached hydrogens (tertiary/aromatic N) is 1. The summed E-state index contributed by atoms with van der Waals surface area (Å²) in [5, 5.41) is 2.24. The van der Waals surface area contributed by atoms with Crippen LogP contribution in [0.25, 0.3) is 0 Å². The second-order valence-electron chi connectivity index (χ2n) is 5.61. The predicted molar refractivity (Wildman–Crippen MR) is 60.9 cm³/mol. The van der Waals surface area contributed by atoms with Crippen LogP contribution in [0.2, 0.25) is 0 Å². The van der Waals surface area contributed by atoms with Gasteiger partial charge in [0.1, 0.15) is 5.41 Å². The van der Waals surface area contributed by atoms with Crippen LogP contribution in [0.1, 0.15) is 33.6 Å². The standard InChI is InChI=1S/C12H18N2O3/c1-7(8-4-5-8)6-14-10(16)12(2,3)9(15)13-11(14)17/h7-8H,4-6H2,1-3H3,(H,13,15,17). The van der Waals surface area contributed by atoms with Gasteiger partial charge in [-0.15, -0.1) is 0 Å². The molecule has 0 aromatic rings. The Labute approximate surface area is 101 Å². The Bertz CT molecular complexity index is 385. The molecule has 1 N–H and O–H groups in total. The van der Waals surface area contributed by atoms with Gasteiger partial charge in [-0.2, -0.15) is 0 Å². The number of hydrogen-bond donors (Lipinski definition) is 1. The van der Waals surface area contributed by atoms with E-state index in [1.807, 2.05) is 6.92 Å². The molecule has 1 aliphatic carbocycles. The number of imide groups is 2. The van der Waals surface area contributed by atoms with E-state index in [1.54, 1.807) is 13.8 Å². The Balaban J connectivity index is 2.12. The lowest BCUT2D eigenvalue weighted by molar-refractivity contribution is -0.149.